The molecule has 1 aliphatic carbocycles. The van der Waals surface area contributed by atoms with Gasteiger partial charge < -0.3 is 19.3 Å². The molecule has 0 aliphatic heterocycles. The number of carbonyl (C=O) groups is 1. The number of hydrogen-bond acceptors (Lipinski definition) is 9. The Morgan fingerprint density at radius 2 is 1.59 bits per heavy atom. The highest BCUT2D eigenvalue weighted by Crippen LogP contribution is 2.50. The van der Waals surface area contributed by atoms with Crippen LogP contribution in [-0.4, -0.2) is 50.0 Å². The number of aliphatic hydroxyl groups is 1. The number of hydrogen-bond donors (Lipinski definition) is 1. The topological polar surface area (TPSA) is 126 Å². The summed E-state index contributed by atoms with van der Waals surface area (Å²) in [6.45, 7) is 0.0861. The van der Waals surface area contributed by atoms with Gasteiger partial charge in [-0.1, -0.05) is 47.5 Å². The molecule has 0 spiro atoms. The first kappa shape index (κ1) is 40.1. The number of ether oxygens (including phenoxy) is 3. The fourth-order valence-corrected chi connectivity index (χ4v) is 6.10. The molecule has 2 heterocycles. The fourth-order valence-electron chi connectivity index (χ4n) is 5.85. The summed E-state index contributed by atoms with van der Waals surface area (Å²) in [5, 5.41) is 21.8. The highest BCUT2D eigenvalue weighted by molar-refractivity contribution is 6.30. The van der Waals surface area contributed by atoms with E-state index in [2.05, 4.69) is 15.2 Å². The van der Waals surface area contributed by atoms with Crippen LogP contribution in [0.15, 0.2) is 116 Å². The van der Waals surface area contributed by atoms with Gasteiger partial charge in [-0.2, -0.15) is 23.3 Å². The number of aromatic nitrogens is 5. The van der Waals surface area contributed by atoms with Gasteiger partial charge in [-0.3, -0.25) is 4.84 Å². The Morgan fingerprint density at radius 3 is 2.21 bits per heavy atom. The third-order valence-electron chi connectivity index (χ3n) is 8.70. The number of nitrogens with zero attached hydrogens (tertiary/aromatic N) is 6. The minimum absolute atomic E-state index is 0.0160. The van der Waals surface area contributed by atoms with Crippen LogP contribution in [0.1, 0.15) is 29.5 Å². The van der Waals surface area contributed by atoms with Gasteiger partial charge >= 0.3 is 12.3 Å². The number of carbonyl (C=O) groups excluding carboxylic acids is 1. The predicted octanol–water partition coefficient (Wildman–Crippen LogP) is 9.28. The van der Waals surface area contributed by atoms with Crippen LogP contribution in [0.3, 0.4) is 0 Å². The van der Waals surface area contributed by atoms with E-state index in [4.69, 9.17) is 42.3 Å². The number of methoxy groups -OCH3 is 1. The third kappa shape index (κ3) is 9.78. The van der Waals surface area contributed by atoms with Gasteiger partial charge in [0.05, 0.1) is 37.7 Å². The van der Waals surface area contributed by atoms with Crippen molar-refractivity contribution in [2.75, 3.05) is 19.3 Å². The van der Waals surface area contributed by atoms with Gasteiger partial charge in [0.15, 0.2) is 0 Å². The van der Waals surface area contributed by atoms with Crippen molar-refractivity contribution in [2.24, 2.45) is 5.92 Å². The summed E-state index contributed by atoms with van der Waals surface area (Å²) in [6.07, 6.45) is 0.439. The number of amides is 1. The molecule has 1 amide bonds. The monoisotopic (exact) mass is 810 g/mol. The van der Waals surface area contributed by atoms with E-state index in [-0.39, 0.29) is 30.4 Å². The second-order valence-electron chi connectivity index (χ2n) is 12.5. The number of halogens is 5. The molecule has 2 aromatic heterocycles. The number of anilines is 1. The van der Waals surface area contributed by atoms with Crippen molar-refractivity contribution in [1.82, 2.24) is 24.5 Å². The lowest BCUT2D eigenvalue weighted by Crippen LogP contribution is -2.36. The van der Waals surface area contributed by atoms with E-state index in [1.807, 2.05) is 24.3 Å². The molecule has 7 rings (SSSR count). The van der Waals surface area contributed by atoms with Crippen LogP contribution in [0.2, 0.25) is 10.0 Å². The smallest absolute Gasteiger partial charge is 0.438 e. The van der Waals surface area contributed by atoms with E-state index in [0.717, 1.165) is 22.4 Å². The van der Waals surface area contributed by atoms with Crippen LogP contribution in [0.5, 0.6) is 17.4 Å². The van der Waals surface area contributed by atoms with Gasteiger partial charge in [0.2, 0.25) is 5.88 Å². The first-order valence-electron chi connectivity index (χ1n) is 17.0. The lowest BCUT2D eigenvalue weighted by molar-refractivity contribution is -0.141. The molecule has 1 aliphatic rings. The maximum atomic E-state index is 13.9. The van der Waals surface area contributed by atoms with Crippen LogP contribution in [-0.2, 0) is 34.5 Å². The lowest BCUT2D eigenvalue weighted by Gasteiger charge is -2.31. The van der Waals surface area contributed by atoms with E-state index in [1.165, 1.54) is 43.7 Å². The molecule has 292 valence electrons. The van der Waals surface area contributed by atoms with Crippen molar-refractivity contribution in [3.05, 3.63) is 143 Å². The molecule has 1 atom stereocenters. The standard InChI is InChI=1S/C20H17ClF3N3O2.C19H18ClN3O4/c21-14-3-5-15(6-4-14)29-16-7-8-17(18(9-16)20(22,23)24)19(28,13-1-2-13)10-27-12-25-11-26-27;1-25-19(24)23(26-2)17-6-4-3-5-14(17)13-27-18-11-12-22(21-18)16-9-7-15(20)8-10-16/h3-9,11-13,28H,1-2,10H2;3-12H,13H2,1-2H3. The highest BCUT2D eigenvalue weighted by Gasteiger charge is 2.50. The Morgan fingerprint density at radius 1 is 0.911 bits per heavy atom. The van der Waals surface area contributed by atoms with Crippen LogP contribution < -0.4 is 14.5 Å². The quantitative estimate of drug-likeness (QED) is 0.120. The summed E-state index contributed by atoms with van der Waals surface area (Å²) in [5.74, 6) is 0.537. The summed E-state index contributed by atoms with van der Waals surface area (Å²) in [7, 11) is 2.68. The summed E-state index contributed by atoms with van der Waals surface area (Å²) >= 11 is 11.7. The second-order valence-corrected chi connectivity index (χ2v) is 13.4. The molecule has 0 saturated heterocycles. The van der Waals surface area contributed by atoms with Crippen LogP contribution in [0.25, 0.3) is 5.69 Å². The Labute approximate surface area is 329 Å². The van der Waals surface area contributed by atoms with Gasteiger partial charge in [-0.05, 0) is 91.1 Å². The molecule has 1 unspecified atom stereocenters. The van der Waals surface area contributed by atoms with Gasteiger partial charge in [-0.25, -0.2) is 19.1 Å². The largest absolute Gasteiger partial charge is 0.472 e. The minimum Gasteiger partial charge on any atom is -0.472 e. The summed E-state index contributed by atoms with van der Waals surface area (Å²) in [4.78, 5) is 20.8. The molecule has 1 saturated carbocycles. The molecule has 56 heavy (non-hydrogen) atoms. The van der Waals surface area contributed by atoms with Crippen LogP contribution in [0, 0.1) is 5.92 Å². The third-order valence-corrected chi connectivity index (χ3v) is 9.20. The Kier molecular flexibility index (Phi) is 12.5. The van der Waals surface area contributed by atoms with Gasteiger partial charge in [0, 0.05) is 27.9 Å². The van der Waals surface area contributed by atoms with Crippen LogP contribution in [0.4, 0.5) is 23.7 Å². The van der Waals surface area contributed by atoms with E-state index >= 15 is 0 Å². The van der Waals surface area contributed by atoms with Gasteiger partial charge in [0.1, 0.15) is 36.4 Å². The summed E-state index contributed by atoms with van der Waals surface area (Å²) < 4.78 is 60.8. The van der Waals surface area contributed by atoms with Crippen molar-refractivity contribution < 1.29 is 42.1 Å². The summed E-state index contributed by atoms with van der Waals surface area (Å²) in [6, 6.07) is 26.2. The number of para-hydroxylation sites is 1. The molecular formula is C39H35Cl2F3N6O6. The Hall–Kier alpha value is -5.61. The van der Waals surface area contributed by atoms with Crippen molar-refractivity contribution in [3.63, 3.8) is 0 Å². The average molecular weight is 812 g/mol. The van der Waals surface area contributed by atoms with Gasteiger partial charge in [-0.15, -0.1) is 5.10 Å². The Bertz CT molecular complexity index is 2220. The average Bonchev–Trinajstić information content (AvgIpc) is 3.75. The molecule has 0 bridgehead atoms. The molecule has 12 nitrogen and oxygen atoms in total. The number of rotatable bonds is 12. The maximum absolute atomic E-state index is 13.9. The molecule has 4 aromatic carbocycles. The first-order valence-corrected chi connectivity index (χ1v) is 17.8. The molecular weight excluding hydrogens is 776 g/mol. The Balaban J connectivity index is 0.000000190. The molecule has 0 radical (unpaired) electrons. The van der Waals surface area contributed by atoms with Crippen molar-refractivity contribution in [3.8, 4) is 23.1 Å². The molecule has 1 N–H and O–H groups in total. The number of alkyl halides is 3. The van der Waals surface area contributed by atoms with E-state index in [9.17, 15) is 23.1 Å². The maximum Gasteiger partial charge on any atom is 0.438 e. The van der Waals surface area contributed by atoms with E-state index < -0.39 is 23.4 Å². The highest BCUT2D eigenvalue weighted by atomic mass is 35.5. The normalized spacial score (nSPS) is 13.6. The summed E-state index contributed by atoms with van der Waals surface area (Å²) in [5.41, 5.74) is -0.692. The van der Waals surface area contributed by atoms with Gasteiger partial charge in [0.25, 0.3) is 0 Å². The lowest BCUT2D eigenvalue weighted by atomic mass is 9.85. The molecule has 6 aromatic rings. The number of benzene rings is 4. The van der Waals surface area contributed by atoms with Crippen LogP contribution >= 0.6 is 23.2 Å². The second kappa shape index (κ2) is 17.5. The minimum atomic E-state index is -4.67. The van der Waals surface area contributed by atoms with E-state index in [0.29, 0.717) is 40.2 Å². The molecule has 17 heteroatoms. The zero-order chi connectivity index (χ0) is 39.9. The van der Waals surface area contributed by atoms with Crippen molar-refractivity contribution in [1.29, 1.82) is 0 Å². The molecule has 1 fully saturated rings. The predicted molar refractivity (Wildman–Crippen MR) is 201 cm³/mol. The first-order chi connectivity index (χ1) is 26.9. The zero-order valence-corrected chi connectivity index (χ0v) is 31.4. The SMILES string of the molecule is COC(=O)N(OC)c1ccccc1COc1ccn(-c2ccc(Cl)cc2)n1.OC(Cn1cncn1)(c1ccc(Oc2ccc(Cl)cc2)cc1C(F)(F)F)C1CC1. The zero-order valence-electron chi connectivity index (χ0n) is 29.9. The fraction of sp³-hybridized carbons (Fsp3) is 0.231. The van der Waals surface area contributed by atoms with E-state index in [1.54, 1.807) is 65.5 Å². The number of hydroxylamine groups is 1. The van der Waals surface area contributed by atoms with Crippen molar-refractivity contribution >= 4 is 35.0 Å². The van der Waals surface area contributed by atoms with Crippen molar-refractivity contribution in [2.45, 2.75) is 37.8 Å².